The molecule has 0 fully saturated rings. The second kappa shape index (κ2) is 14.9. The highest BCUT2D eigenvalue weighted by atomic mass is 16.5. The van der Waals surface area contributed by atoms with E-state index in [2.05, 4.69) is 17.2 Å². The average molecular weight is 501 g/mol. The van der Waals surface area contributed by atoms with Crippen molar-refractivity contribution in [2.24, 2.45) is 10.2 Å². The summed E-state index contributed by atoms with van der Waals surface area (Å²) in [5.41, 5.74) is 5.04. The van der Waals surface area contributed by atoms with Gasteiger partial charge in [-0.2, -0.15) is 10.2 Å². The first-order valence-corrected chi connectivity index (χ1v) is 13.5. The Balaban J connectivity index is 1.46. The zero-order chi connectivity index (χ0) is 26.5. The van der Waals surface area contributed by atoms with E-state index in [0.717, 1.165) is 34.5 Å². The van der Waals surface area contributed by atoms with Crippen LogP contribution < -0.4 is 9.47 Å². The van der Waals surface area contributed by atoms with E-state index in [1.165, 1.54) is 44.9 Å². The van der Waals surface area contributed by atoms with E-state index in [-0.39, 0.29) is 0 Å². The molecule has 3 aromatic rings. The quantitative estimate of drug-likeness (QED) is 0.0957. The first kappa shape index (κ1) is 28.1. The summed E-state index contributed by atoms with van der Waals surface area (Å²) in [7, 11) is 0. The Kier molecular flexibility index (Phi) is 11.3. The summed E-state index contributed by atoms with van der Waals surface area (Å²) in [6, 6.07) is 18.6. The van der Waals surface area contributed by atoms with Gasteiger partial charge in [-0.3, -0.25) is 0 Å². The molecule has 0 saturated heterocycles. The molecule has 3 aromatic carbocycles. The molecule has 0 N–H and O–H groups in total. The molecule has 0 aromatic heterocycles. The van der Waals surface area contributed by atoms with Crippen LogP contribution >= 0.6 is 0 Å². The van der Waals surface area contributed by atoms with Crippen molar-refractivity contribution in [2.75, 3.05) is 6.61 Å². The highest BCUT2D eigenvalue weighted by Gasteiger charge is 2.11. The summed E-state index contributed by atoms with van der Waals surface area (Å²) < 4.78 is 11.5. The molecular formula is C32H40N2O3. The lowest BCUT2D eigenvalue weighted by Crippen LogP contribution is -2.09. The van der Waals surface area contributed by atoms with Crippen molar-refractivity contribution >= 4 is 17.3 Å². The summed E-state index contributed by atoms with van der Waals surface area (Å²) >= 11 is 0. The van der Waals surface area contributed by atoms with Crippen LogP contribution in [0.4, 0.5) is 11.4 Å². The Labute approximate surface area is 221 Å². The van der Waals surface area contributed by atoms with E-state index >= 15 is 0 Å². The molecule has 0 saturated carbocycles. The minimum Gasteiger partial charge on any atom is -0.494 e. The number of nitrogens with zero attached hydrogens (tertiary/aromatic N) is 2. The van der Waals surface area contributed by atoms with Gasteiger partial charge in [0.05, 0.1) is 23.5 Å². The zero-order valence-corrected chi connectivity index (χ0v) is 22.8. The Morgan fingerprint density at radius 1 is 0.730 bits per heavy atom. The van der Waals surface area contributed by atoms with E-state index < -0.39 is 5.97 Å². The van der Waals surface area contributed by atoms with Gasteiger partial charge in [-0.25, -0.2) is 4.79 Å². The Bertz CT molecular complexity index is 1150. The summed E-state index contributed by atoms with van der Waals surface area (Å²) in [6.45, 7) is 8.87. The van der Waals surface area contributed by atoms with Gasteiger partial charge in [0, 0.05) is 0 Å². The first-order valence-electron chi connectivity index (χ1n) is 13.5. The van der Waals surface area contributed by atoms with Crippen LogP contribution in [0.5, 0.6) is 11.5 Å². The summed E-state index contributed by atoms with van der Waals surface area (Å²) in [5, 5.41) is 8.79. The largest absolute Gasteiger partial charge is 0.494 e. The third kappa shape index (κ3) is 9.16. The molecule has 5 nitrogen and oxygen atoms in total. The summed E-state index contributed by atoms with van der Waals surface area (Å²) in [5.74, 6) is 0.878. The van der Waals surface area contributed by atoms with Gasteiger partial charge in [0.25, 0.3) is 0 Å². The molecule has 0 spiro atoms. The van der Waals surface area contributed by atoms with Crippen molar-refractivity contribution in [1.82, 2.24) is 0 Å². The van der Waals surface area contributed by atoms with E-state index in [1.54, 1.807) is 24.3 Å². The highest BCUT2D eigenvalue weighted by molar-refractivity contribution is 5.91. The number of aryl methyl sites for hydroxylation is 3. The van der Waals surface area contributed by atoms with Gasteiger partial charge in [-0.15, -0.1) is 0 Å². The van der Waals surface area contributed by atoms with Gasteiger partial charge < -0.3 is 9.47 Å². The van der Waals surface area contributed by atoms with Crippen LogP contribution in [0.3, 0.4) is 0 Å². The number of azo groups is 1. The average Bonchev–Trinajstić information content (AvgIpc) is 2.89. The van der Waals surface area contributed by atoms with Crippen molar-refractivity contribution in [2.45, 2.75) is 79.1 Å². The maximum absolute atomic E-state index is 12.7. The molecule has 0 aliphatic heterocycles. The number of unbranched alkanes of at least 4 members (excludes halogenated alkanes) is 7. The van der Waals surface area contributed by atoms with Crippen LogP contribution in [-0.2, 0) is 0 Å². The molecule has 3 rings (SSSR count). The van der Waals surface area contributed by atoms with Crippen molar-refractivity contribution in [3.63, 3.8) is 0 Å². The number of ether oxygens (including phenoxy) is 2. The standard InChI is InChI=1S/C32H40N2O3/c1-5-6-7-8-9-10-11-12-22-36-29-19-16-27(17-20-29)32(35)37-30-21-18-28(23-26(30)4)33-34-31-24(2)14-13-15-25(31)3/h13-21,23H,5-12,22H2,1-4H3. The highest BCUT2D eigenvalue weighted by Crippen LogP contribution is 2.29. The summed E-state index contributed by atoms with van der Waals surface area (Å²) in [6.07, 6.45) is 10.2. The lowest BCUT2D eigenvalue weighted by atomic mass is 10.1. The minimum absolute atomic E-state index is 0.400. The van der Waals surface area contributed by atoms with Gasteiger partial charge in [0.1, 0.15) is 11.5 Å². The predicted molar refractivity (Wildman–Crippen MR) is 151 cm³/mol. The lowest BCUT2D eigenvalue weighted by Gasteiger charge is -2.09. The Morgan fingerprint density at radius 2 is 1.38 bits per heavy atom. The Morgan fingerprint density at radius 3 is 2.03 bits per heavy atom. The zero-order valence-electron chi connectivity index (χ0n) is 22.8. The molecule has 0 radical (unpaired) electrons. The maximum atomic E-state index is 12.7. The van der Waals surface area contributed by atoms with Crippen LogP contribution in [0.1, 0.15) is 85.3 Å². The molecule has 0 heterocycles. The molecule has 0 aliphatic carbocycles. The molecule has 37 heavy (non-hydrogen) atoms. The third-order valence-corrected chi connectivity index (χ3v) is 6.42. The smallest absolute Gasteiger partial charge is 0.343 e. The number of hydrogen-bond donors (Lipinski definition) is 0. The van der Waals surface area contributed by atoms with Gasteiger partial charge in [0.2, 0.25) is 0 Å². The Hall–Kier alpha value is -3.47. The molecule has 0 bridgehead atoms. The molecule has 196 valence electrons. The van der Waals surface area contributed by atoms with Crippen LogP contribution in [-0.4, -0.2) is 12.6 Å². The molecule has 0 atom stereocenters. The molecule has 0 amide bonds. The predicted octanol–water partition coefficient (Wildman–Crippen LogP) is 9.77. The van der Waals surface area contributed by atoms with Crippen LogP contribution in [0.2, 0.25) is 0 Å². The van der Waals surface area contributed by atoms with Gasteiger partial charge in [-0.05, 0) is 86.3 Å². The van der Waals surface area contributed by atoms with Crippen LogP contribution in [0, 0.1) is 20.8 Å². The SMILES string of the molecule is CCCCCCCCCCOc1ccc(C(=O)Oc2ccc(N=Nc3c(C)cccc3C)cc2C)cc1. The third-order valence-electron chi connectivity index (χ3n) is 6.42. The fourth-order valence-electron chi connectivity index (χ4n) is 4.15. The second-order valence-electron chi connectivity index (χ2n) is 9.63. The van der Waals surface area contributed by atoms with E-state index in [1.807, 2.05) is 57.2 Å². The molecule has 0 aliphatic rings. The van der Waals surface area contributed by atoms with Crippen LogP contribution in [0.25, 0.3) is 0 Å². The number of benzene rings is 3. The fraction of sp³-hybridized carbons (Fsp3) is 0.406. The fourth-order valence-corrected chi connectivity index (χ4v) is 4.15. The van der Waals surface area contributed by atoms with E-state index in [4.69, 9.17) is 9.47 Å². The van der Waals surface area contributed by atoms with Crippen molar-refractivity contribution in [3.8, 4) is 11.5 Å². The van der Waals surface area contributed by atoms with Crippen molar-refractivity contribution < 1.29 is 14.3 Å². The number of carbonyl (C=O) groups is 1. The lowest BCUT2D eigenvalue weighted by molar-refractivity contribution is 0.0733. The van der Waals surface area contributed by atoms with Crippen LogP contribution in [0.15, 0.2) is 70.9 Å². The molecular weight excluding hydrogens is 460 g/mol. The van der Waals surface area contributed by atoms with Gasteiger partial charge in [0.15, 0.2) is 0 Å². The maximum Gasteiger partial charge on any atom is 0.343 e. The van der Waals surface area contributed by atoms with Gasteiger partial charge in [-0.1, -0.05) is 70.1 Å². The van der Waals surface area contributed by atoms with Crippen molar-refractivity contribution in [3.05, 3.63) is 82.9 Å². The first-order chi connectivity index (χ1) is 18.0. The normalized spacial score (nSPS) is 11.1. The number of esters is 1. The van der Waals surface area contributed by atoms with E-state index in [9.17, 15) is 4.79 Å². The minimum atomic E-state index is -0.400. The van der Waals surface area contributed by atoms with Crippen molar-refractivity contribution in [1.29, 1.82) is 0 Å². The molecule has 0 unspecified atom stereocenters. The topological polar surface area (TPSA) is 60.2 Å². The van der Waals surface area contributed by atoms with E-state index in [0.29, 0.717) is 23.6 Å². The number of rotatable bonds is 14. The second-order valence-corrected chi connectivity index (χ2v) is 9.63. The number of hydrogen-bond acceptors (Lipinski definition) is 5. The molecule has 5 heteroatoms. The monoisotopic (exact) mass is 500 g/mol. The summed E-state index contributed by atoms with van der Waals surface area (Å²) in [4.78, 5) is 12.7. The van der Waals surface area contributed by atoms with Gasteiger partial charge >= 0.3 is 5.97 Å². The number of carbonyl (C=O) groups excluding carboxylic acids is 1.